The summed E-state index contributed by atoms with van der Waals surface area (Å²) < 4.78 is 80.2. The first-order valence-electron chi connectivity index (χ1n) is 8.76. The highest BCUT2D eigenvalue weighted by Crippen LogP contribution is 2.39. The van der Waals surface area contributed by atoms with E-state index in [1.54, 1.807) is 0 Å². The Bertz CT molecular complexity index is 565. The third kappa shape index (κ3) is 6.99. The Labute approximate surface area is 158 Å². The minimum atomic E-state index is -5.62. The van der Waals surface area contributed by atoms with Crippen molar-refractivity contribution >= 4 is 17.7 Å². The molecule has 0 N–H and O–H groups in total. The smallest absolute Gasteiger partial charge is 0.453 e. The lowest BCUT2D eigenvalue weighted by Gasteiger charge is -2.34. The summed E-state index contributed by atoms with van der Waals surface area (Å²) in [5, 5.41) is 0. The number of hydrogen-bond acceptors (Lipinski definition) is 6. The topological polar surface area (TPSA) is 78.9 Å². The third-order valence-electron chi connectivity index (χ3n) is 4.08. The second kappa shape index (κ2) is 9.62. The number of Topliss-reactive ketones (excluding diaryl/α,β-unsaturated/α-hetero) is 1. The first kappa shape index (κ1) is 24.3. The van der Waals surface area contributed by atoms with Gasteiger partial charge in [0.1, 0.15) is 6.61 Å². The van der Waals surface area contributed by atoms with E-state index in [0.717, 1.165) is 13.3 Å². The zero-order valence-electron chi connectivity index (χ0n) is 15.6. The highest BCUT2D eigenvalue weighted by molar-refractivity contribution is 5.86. The summed E-state index contributed by atoms with van der Waals surface area (Å²) in [6.07, 6.45) is -4.26. The van der Waals surface area contributed by atoms with Gasteiger partial charge in [0.05, 0.1) is 12.5 Å². The van der Waals surface area contributed by atoms with Crippen LogP contribution in [0.15, 0.2) is 0 Å². The number of halogens is 5. The molecule has 0 spiro atoms. The number of alkyl halides is 5. The van der Waals surface area contributed by atoms with Gasteiger partial charge in [0.2, 0.25) is 5.92 Å². The molecule has 1 rings (SSSR count). The fourth-order valence-corrected chi connectivity index (χ4v) is 2.58. The summed E-state index contributed by atoms with van der Waals surface area (Å²) in [4.78, 5) is 35.3. The molecule has 0 aliphatic heterocycles. The molecule has 6 nitrogen and oxygen atoms in total. The lowest BCUT2D eigenvalue weighted by Crippen LogP contribution is -2.59. The van der Waals surface area contributed by atoms with Crippen LogP contribution in [0.25, 0.3) is 0 Å². The first-order valence-corrected chi connectivity index (χ1v) is 8.76. The molecular weight excluding hydrogens is 395 g/mol. The summed E-state index contributed by atoms with van der Waals surface area (Å²) in [6.45, 7) is -0.857. The number of carbonyl (C=O) groups is 3. The highest BCUT2D eigenvalue weighted by Gasteiger charge is 2.68. The number of carbonyl (C=O) groups excluding carboxylic acids is 3. The van der Waals surface area contributed by atoms with Crippen LogP contribution in [-0.2, 0) is 28.6 Å². The second-order valence-electron chi connectivity index (χ2n) is 6.82. The molecule has 11 heteroatoms. The minimum Gasteiger partial charge on any atom is -0.453 e. The van der Waals surface area contributed by atoms with Crippen LogP contribution in [0.3, 0.4) is 0 Å². The maximum atomic E-state index is 13.7. The fraction of sp³-hybridized carbons (Fsp3) is 0.824. The summed E-state index contributed by atoms with van der Waals surface area (Å²) in [7, 11) is 0. The highest BCUT2D eigenvalue weighted by atomic mass is 19.4. The number of esters is 2. The zero-order valence-corrected chi connectivity index (χ0v) is 15.6. The van der Waals surface area contributed by atoms with Gasteiger partial charge in [0.25, 0.3) is 0 Å². The van der Waals surface area contributed by atoms with Crippen LogP contribution in [0.2, 0.25) is 0 Å². The monoisotopic (exact) mass is 418 g/mol. The van der Waals surface area contributed by atoms with Crippen LogP contribution in [0, 0.1) is 5.92 Å². The van der Waals surface area contributed by atoms with Crippen molar-refractivity contribution in [2.45, 2.75) is 70.3 Å². The van der Waals surface area contributed by atoms with Crippen LogP contribution in [0.4, 0.5) is 22.0 Å². The maximum absolute atomic E-state index is 13.7. The predicted molar refractivity (Wildman–Crippen MR) is 84.3 cm³/mol. The third-order valence-corrected chi connectivity index (χ3v) is 4.08. The molecule has 1 saturated carbocycles. The standard InChI is InChI=1S/C17H23F5O6/c1-11(23)10-26-14(25)16(17(20,21)22,27-9-8-15(2,18)19)28-13(24)12-6-4-3-5-7-12/h12H,3-10H2,1-2H3. The largest absolute Gasteiger partial charge is 0.468 e. The Morgan fingerprint density at radius 2 is 1.57 bits per heavy atom. The summed E-state index contributed by atoms with van der Waals surface area (Å²) in [6, 6.07) is 0. The molecule has 0 bridgehead atoms. The first-order chi connectivity index (χ1) is 12.8. The Morgan fingerprint density at radius 1 is 1.00 bits per heavy atom. The number of ketones is 1. The molecule has 0 amide bonds. The van der Waals surface area contributed by atoms with E-state index in [-0.39, 0.29) is 12.8 Å². The van der Waals surface area contributed by atoms with Gasteiger partial charge in [-0.1, -0.05) is 19.3 Å². The van der Waals surface area contributed by atoms with Crippen molar-refractivity contribution in [2.24, 2.45) is 5.92 Å². The lowest BCUT2D eigenvalue weighted by molar-refractivity contribution is -0.358. The molecule has 162 valence electrons. The molecule has 0 aromatic carbocycles. The van der Waals surface area contributed by atoms with E-state index in [1.807, 2.05) is 0 Å². The number of hydrogen-bond donors (Lipinski definition) is 0. The molecule has 1 aliphatic rings. The molecule has 0 heterocycles. The maximum Gasteiger partial charge on any atom is 0.468 e. The van der Waals surface area contributed by atoms with Crippen molar-refractivity contribution in [1.82, 2.24) is 0 Å². The van der Waals surface area contributed by atoms with Crippen LogP contribution < -0.4 is 0 Å². The van der Waals surface area contributed by atoms with Crippen molar-refractivity contribution < 1.29 is 50.5 Å². The molecular formula is C17H23F5O6. The molecule has 1 fully saturated rings. The van der Waals surface area contributed by atoms with Crippen LogP contribution >= 0.6 is 0 Å². The van der Waals surface area contributed by atoms with Crippen LogP contribution in [0.5, 0.6) is 0 Å². The molecule has 0 radical (unpaired) electrons. The number of ether oxygens (including phenoxy) is 3. The van der Waals surface area contributed by atoms with Crippen molar-refractivity contribution in [2.75, 3.05) is 13.2 Å². The predicted octanol–water partition coefficient (Wildman–Crippen LogP) is 3.56. The second-order valence-corrected chi connectivity index (χ2v) is 6.82. The Morgan fingerprint density at radius 3 is 2.04 bits per heavy atom. The van der Waals surface area contributed by atoms with E-state index in [4.69, 9.17) is 0 Å². The van der Waals surface area contributed by atoms with Gasteiger partial charge in [-0.25, -0.2) is 13.6 Å². The molecule has 28 heavy (non-hydrogen) atoms. The van der Waals surface area contributed by atoms with Gasteiger partial charge < -0.3 is 14.2 Å². The minimum absolute atomic E-state index is 0.266. The summed E-state index contributed by atoms with van der Waals surface area (Å²) >= 11 is 0. The van der Waals surface area contributed by atoms with Gasteiger partial charge in [-0.05, 0) is 26.7 Å². The van der Waals surface area contributed by atoms with E-state index in [1.165, 1.54) is 0 Å². The van der Waals surface area contributed by atoms with Gasteiger partial charge in [0.15, 0.2) is 5.78 Å². The van der Waals surface area contributed by atoms with Crippen molar-refractivity contribution in [1.29, 1.82) is 0 Å². The Balaban J connectivity index is 3.12. The van der Waals surface area contributed by atoms with E-state index >= 15 is 0 Å². The quantitative estimate of drug-likeness (QED) is 0.324. The molecule has 0 aromatic heterocycles. The molecule has 0 aromatic rings. The zero-order chi connectivity index (χ0) is 21.6. The Kier molecular flexibility index (Phi) is 8.33. The molecule has 0 saturated heterocycles. The molecule has 1 unspecified atom stereocenters. The van der Waals surface area contributed by atoms with Crippen molar-refractivity contribution in [3.8, 4) is 0 Å². The normalized spacial score (nSPS) is 18.2. The Hall–Kier alpha value is -1.78. The van der Waals surface area contributed by atoms with Gasteiger partial charge in [0, 0.05) is 6.42 Å². The van der Waals surface area contributed by atoms with Crippen molar-refractivity contribution in [3.63, 3.8) is 0 Å². The van der Waals surface area contributed by atoms with Crippen LogP contribution in [-0.4, -0.2) is 48.8 Å². The van der Waals surface area contributed by atoms with E-state index < -0.39 is 61.2 Å². The fourth-order valence-electron chi connectivity index (χ4n) is 2.58. The summed E-state index contributed by atoms with van der Waals surface area (Å²) in [5.41, 5.74) is 0. The van der Waals surface area contributed by atoms with E-state index in [9.17, 15) is 36.3 Å². The SMILES string of the molecule is CC(=O)COC(=O)C(OCCC(C)(F)F)(OC(=O)C1CCCCC1)C(F)(F)F. The lowest BCUT2D eigenvalue weighted by atomic mass is 9.89. The molecule has 1 aliphatic carbocycles. The summed E-state index contributed by atoms with van der Waals surface area (Å²) in [5.74, 6) is -12.8. The number of rotatable bonds is 9. The van der Waals surface area contributed by atoms with Gasteiger partial charge in [-0.3, -0.25) is 9.59 Å². The van der Waals surface area contributed by atoms with Crippen molar-refractivity contribution in [3.05, 3.63) is 0 Å². The average Bonchev–Trinajstić information content (AvgIpc) is 2.57. The van der Waals surface area contributed by atoms with Gasteiger partial charge in [-0.15, -0.1) is 0 Å². The van der Waals surface area contributed by atoms with E-state index in [2.05, 4.69) is 14.2 Å². The molecule has 1 atom stereocenters. The van der Waals surface area contributed by atoms with Gasteiger partial charge >= 0.3 is 23.9 Å². The van der Waals surface area contributed by atoms with Crippen LogP contribution in [0.1, 0.15) is 52.4 Å². The van der Waals surface area contributed by atoms with E-state index in [0.29, 0.717) is 19.8 Å². The van der Waals surface area contributed by atoms with Gasteiger partial charge in [-0.2, -0.15) is 13.2 Å². The average molecular weight is 418 g/mol.